The molecule has 15 nitrogen and oxygen atoms in total. The Hall–Kier alpha value is -4.06. The molecule has 0 unspecified atom stereocenters. The summed E-state index contributed by atoms with van der Waals surface area (Å²) in [6.07, 6.45) is 0. The number of anilines is 1. The van der Waals surface area contributed by atoms with Crippen molar-refractivity contribution in [2.24, 2.45) is 20.5 Å². The van der Waals surface area contributed by atoms with Gasteiger partial charge in [-0.25, -0.2) is 0 Å². The molecular weight excluding hydrogens is 506 g/mol. The highest BCUT2D eigenvalue weighted by Crippen LogP contribution is 2.36. The SMILES string of the molecule is COc1nc(N)c(N=Nc2ccc(N=Nc3ccc(S(=O)(=O)O)cc3)cc2S(=O)(=O)O)c(OC)n1. The summed E-state index contributed by atoms with van der Waals surface area (Å²) in [6.45, 7) is 0. The number of hydrogen-bond acceptors (Lipinski definition) is 13. The zero-order chi connectivity index (χ0) is 25.8. The van der Waals surface area contributed by atoms with Crippen LogP contribution in [0.2, 0.25) is 0 Å². The Morgan fingerprint density at radius 3 is 2.00 bits per heavy atom. The predicted octanol–water partition coefficient (Wildman–Crippen LogP) is 3.40. The van der Waals surface area contributed by atoms with Gasteiger partial charge in [0.05, 0.1) is 30.5 Å². The van der Waals surface area contributed by atoms with Gasteiger partial charge in [-0.15, -0.1) is 10.2 Å². The maximum Gasteiger partial charge on any atom is 0.321 e. The predicted molar refractivity (Wildman–Crippen MR) is 120 cm³/mol. The quantitative estimate of drug-likeness (QED) is 0.286. The molecule has 0 amide bonds. The molecule has 0 aliphatic heterocycles. The molecule has 0 atom stereocenters. The van der Waals surface area contributed by atoms with E-state index in [1.54, 1.807) is 0 Å². The molecule has 17 heteroatoms. The van der Waals surface area contributed by atoms with Crippen molar-refractivity contribution in [3.05, 3.63) is 42.5 Å². The van der Waals surface area contributed by atoms with E-state index in [0.717, 1.165) is 18.2 Å². The molecule has 0 saturated carbocycles. The lowest BCUT2D eigenvalue weighted by molar-refractivity contribution is 0.354. The van der Waals surface area contributed by atoms with Gasteiger partial charge in [0.1, 0.15) is 10.6 Å². The summed E-state index contributed by atoms with van der Waals surface area (Å²) in [5.74, 6) is -0.242. The summed E-state index contributed by atoms with van der Waals surface area (Å²) in [5, 5.41) is 15.4. The van der Waals surface area contributed by atoms with Crippen molar-refractivity contribution in [2.75, 3.05) is 20.0 Å². The van der Waals surface area contributed by atoms with Crippen LogP contribution in [0.1, 0.15) is 0 Å². The third-order valence-electron chi connectivity index (χ3n) is 4.13. The summed E-state index contributed by atoms with van der Waals surface area (Å²) in [6, 6.07) is 8.21. The number of nitrogens with zero attached hydrogens (tertiary/aromatic N) is 6. The third-order valence-corrected chi connectivity index (χ3v) is 5.88. The van der Waals surface area contributed by atoms with Crippen molar-refractivity contribution < 1.29 is 35.4 Å². The van der Waals surface area contributed by atoms with Gasteiger partial charge in [0, 0.05) is 0 Å². The monoisotopic (exact) mass is 523 g/mol. The fourth-order valence-corrected chi connectivity index (χ4v) is 3.64. The topological polar surface area (TPSA) is 228 Å². The smallest absolute Gasteiger partial charge is 0.321 e. The highest BCUT2D eigenvalue weighted by molar-refractivity contribution is 7.86. The number of ether oxygens (including phenoxy) is 2. The summed E-state index contributed by atoms with van der Waals surface area (Å²) in [5.41, 5.74) is 5.66. The van der Waals surface area contributed by atoms with E-state index in [1.807, 2.05) is 0 Å². The van der Waals surface area contributed by atoms with Gasteiger partial charge >= 0.3 is 6.01 Å². The molecule has 0 saturated heterocycles. The van der Waals surface area contributed by atoms with Crippen LogP contribution in [0.5, 0.6) is 11.9 Å². The molecule has 0 bridgehead atoms. The highest BCUT2D eigenvalue weighted by atomic mass is 32.2. The molecule has 1 heterocycles. The Morgan fingerprint density at radius 2 is 1.43 bits per heavy atom. The first-order valence-corrected chi connectivity index (χ1v) is 12.1. The number of benzene rings is 2. The molecule has 0 radical (unpaired) electrons. The van der Waals surface area contributed by atoms with Gasteiger partial charge in [-0.3, -0.25) is 9.11 Å². The molecule has 0 spiro atoms. The van der Waals surface area contributed by atoms with Gasteiger partial charge in [0.25, 0.3) is 20.2 Å². The van der Waals surface area contributed by atoms with Crippen LogP contribution in [0.4, 0.5) is 28.6 Å². The standard InChI is InChI=1S/C18H17N7O8S2/c1-32-17-15(16(19)20-18(21-17)33-2)25-24-13-8-5-11(9-14(13)35(29,30)31)23-22-10-3-6-12(7-4-10)34(26,27)28/h3-9H,1-2H3,(H2,19,20,21)(H,26,27,28)(H,29,30,31). The van der Waals surface area contributed by atoms with Crippen LogP contribution >= 0.6 is 0 Å². The molecule has 0 aliphatic rings. The maximum absolute atomic E-state index is 11.9. The summed E-state index contributed by atoms with van der Waals surface area (Å²) < 4.78 is 74.6. The summed E-state index contributed by atoms with van der Waals surface area (Å²) >= 11 is 0. The minimum Gasteiger partial charge on any atom is -0.479 e. The van der Waals surface area contributed by atoms with Crippen LogP contribution in [0.3, 0.4) is 0 Å². The number of azo groups is 2. The summed E-state index contributed by atoms with van der Waals surface area (Å²) in [7, 11) is -6.52. The zero-order valence-electron chi connectivity index (χ0n) is 18.0. The average molecular weight is 524 g/mol. The lowest BCUT2D eigenvalue weighted by atomic mass is 10.3. The van der Waals surface area contributed by atoms with E-state index < -0.39 is 25.1 Å². The number of methoxy groups -OCH3 is 2. The molecule has 35 heavy (non-hydrogen) atoms. The zero-order valence-corrected chi connectivity index (χ0v) is 19.6. The van der Waals surface area contributed by atoms with Gasteiger partial charge in [-0.1, -0.05) is 0 Å². The fraction of sp³-hybridized carbons (Fsp3) is 0.111. The minimum absolute atomic E-state index is 0.0142. The van der Waals surface area contributed by atoms with Crippen molar-refractivity contribution in [1.82, 2.24) is 9.97 Å². The van der Waals surface area contributed by atoms with Gasteiger partial charge in [-0.05, 0) is 42.5 Å². The first-order valence-electron chi connectivity index (χ1n) is 9.20. The van der Waals surface area contributed by atoms with Gasteiger partial charge in [-0.2, -0.15) is 37.0 Å². The van der Waals surface area contributed by atoms with E-state index in [2.05, 4.69) is 30.4 Å². The number of hydrogen-bond donors (Lipinski definition) is 3. The van der Waals surface area contributed by atoms with Crippen molar-refractivity contribution >= 4 is 48.8 Å². The van der Waals surface area contributed by atoms with Gasteiger partial charge in [0.15, 0.2) is 11.5 Å². The lowest BCUT2D eigenvalue weighted by Crippen LogP contribution is -2.00. The first kappa shape index (κ1) is 25.6. The molecule has 0 aliphatic carbocycles. The van der Waals surface area contributed by atoms with Crippen molar-refractivity contribution in [3.63, 3.8) is 0 Å². The number of nitrogen functional groups attached to an aromatic ring is 1. The summed E-state index contributed by atoms with van der Waals surface area (Å²) in [4.78, 5) is 6.78. The molecule has 3 aromatic rings. The van der Waals surface area contributed by atoms with Crippen LogP contribution in [0.25, 0.3) is 0 Å². The Bertz CT molecular complexity index is 1520. The van der Waals surface area contributed by atoms with Crippen LogP contribution in [-0.4, -0.2) is 50.1 Å². The third kappa shape index (κ3) is 6.29. The second kappa shape index (κ2) is 10.1. The molecule has 0 fully saturated rings. The number of aromatic nitrogens is 2. The Kier molecular flexibility index (Phi) is 7.34. The second-order valence-electron chi connectivity index (χ2n) is 6.45. The van der Waals surface area contributed by atoms with Crippen molar-refractivity contribution in [3.8, 4) is 11.9 Å². The van der Waals surface area contributed by atoms with Crippen LogP contribution in [0.15, 0.2) is 72.7 Å². The molecule has 3 rings (SSSR count). The second-order valence-corrected chi connectivity index (χ2v) is 9.26. The Morgan fingerprint density at radius 1 is 0.800 bits per heavy atom. The maximum atomic E-state index is 11.9. The lowest BCUT2D eigenvalue weighted by Gasteiger charge is -2.07. The molecule has 4 N–H and O–H groups in total. The van der Waals surface area contributed by atoms with E-state index in [1.165, 1.54) is 38.5 Å². The van der Waals surface area contributed by atoms with Gasteiger partial charge in [0.2, 0.25) is 5.88 Å². The normalized spacial score (nSPS) is 12.3. The molecule has 184 valence electrons. The molecular formula is C18H17N7O8S2. The molecule has 2 aromatic carbocycles. The Balaban J connectivity index is 1.95. The van der Waals surface area contributed by atoms with Crippen LogP contribution in [0, 0.1) is 0 Å². The van der Waals surface area contributed by atoms with Crippen molar-refractivity contribution in [1.29, 1.82) is 0 Å². The minimum atomic E-state index is -4.77. The van der Waals surface area contributed by atoms with E-state index in [-0.39, 0.29) is 45.4 Å². The van der Waals surface area contributed by atoms with Gasteiger partial charge < -0.3 is 15.2 Å². The van der Waals surface area contributed by atoms with E-state index >= 15 is 0 Å². The average Bonchev–Trinajstić information content (AvgIpc) is 2.80. The van der Waals surface area contributed by atoms with E-state index in [4.69, 9.17) is 19.8 Å². The fourth-order valence-electron chi connectivity index (χ4n) is 2.52. The Labute approximate surface area is 198 Å². The molecule has 1 aromatic heterocycles. The van der Waals surface area contributed by atoms with Crippen LogP contribution < -0.4 is 15.2 Å². The largest absolute Gasteiger partial charge is 0.479 e. The first-order chi connectivity index (χ1) is 16.4. The van der Waals surface area contributed by atoms with Crippen LogP contribution in [-0.2, 0) is 20.2 Å². The van der Waals surface area contributed by atoms with E-state index in [9.17, 15) is 21.4 Å². The van der Waals surface area contributed by atoms with E-state index in [0.29, 0.717) is 0 Å². The van der Waals surface area contributed by atoms with Crippen molar-refractivity contribution in [2.45, 2.75) is 9.79 Å². The number of nitrogens with two attached hydrogens (primary N) is 1. The highest BCUT2D eigenvalue weighted by Gasteiger charge is 2.18. The number of rotatable bonds is 8.